The Hall–Kier alpha value is -1.96. The van der Waals surface area contributed by atoms with E-state index in [9.17, 15) is 10.2 Å². The second-order valence-corrected chi connectivity index (χ2v) is 6.40. The van der Waals surface area contributed by atoms with E-state index in [0.29, 0.717) is 17.4 Å². The largest absolute Gasteiger partial charge is 0.508 e. The van der Waals surface area contributed by atoms with E-state index in [1.54, 1.807) is 12.1 Å². The lowest BCUT2D eigenvalue weighted by atomic mass is 9.74. The fourth-order valence-corrected chi connectivity index (χ4v) is 3.79. The van der Waals surface area contributed by atoms with E-state index in [1.165, 1.54) is 32.1 Å². The fourth-order valence-electron chi connectivity index (χ4n) is 3.79. The first-order valence-electron chi connectivity index (χ1n) is 8.30. The Bertz CT molecular complexity index is 615. The Morgan fingerprint density at radius 3 is 2.14 bits per heavy atom. The number of hydrogen-bond donors (Lipinski definition) is 2. The van der Waals surface area contributed by atoms with Gasteiger partial charge in [-0.15, -0.1) is 0 Å². The molecule has 1 aliphatic rings. The van der Waals surface area contributed by atoms with Gasteiger partial charge in [-0.2, -0.15) is 0 Å². The molecule has 0 saturated heterocycles. The van der Waals surface area contributed by atoms with Crippen molar-refractivity contribution in [2.75, 3.05) is 0 Å². The molecule has 1 atom stereocenters. The van der Waals surface area contributed by atoms with Crippen LogP contribution in [0.4, 0.5) is 0 Å². The summed E-state index contributed by atoms with van der Waals surface area (Å²) in [6, 6.07) is 15.2. The van der Waals surface area contributed by atoms with Crippen LogP contribution in [-0.4, -0.2) is 10.2 Å². The van der Waals surface area contributed by atoms with Crippen molar-refractivity contribution in [2.24, 2.45) is 5.92 Å². The molecule has 1 unspecified atom stereocenters. The maximum atomic E-state index is 10.3. The normalized spacial score (nSPS) is 17.3. The zero-order valence-electron chi connectivity index (χ0n) is 12.9. The van der Waals surface area contributed by atoms with Crippen LogP contribution in [0.5, 0.6) is 11.5 Å². The molecule has 1 saturated carbocycles. The first kappa shape index (κ1) is 15.0. The molecule has 0 amide bonds. The van der Waals surface area contributed by atoms with E-state index in [1.807, 2.05) is 36.4 Å². The Morgan fingerprint density at radius 1 is 0.818 bits per heavy atom. The van der Waals surface area contributed by atoms with Crippen LogP contribution in [-0.2, 0) is 6.42 Å². The van der Waals surface area contributed by atoms with E-state index >= 15 is 0 Å². The third-order valence-electron chi connectivity index (χ3n) is 4.99. The van der Waals surface area contributed by atoms with Crippen molar-refractivity contribution in [3.05, 3.63) is 59.7 Å². The molecular weight excluding hydrogens is 272 g/mol. The van der Waals surface area contributed by atoms with Crippen LogP contribution in [0.25, 0.3) is 0 Å². The average Bonchev–Trinajstić information content (AvgIpc) is 2.56. The van der Waals surface area contributed by atoms with Gasteiger partial charge in [0.05, 0.1) is 0 Å². The summed E-state index contributed by atoms with van der Waals surface area (Å²) in [6.45, 7) is 0. The highest BCUT2D eigenvalue weighted by atomic mass is 16.3. The summed E-state index contributed by atoms with van der Waals surface area (Å²) in [5, 5.41) is 20.4. The molecule has 0 radical (unpaired) electrons. The zero-order valence-corrected chi connectivity index (χ0v) is 12.9. The number of rotatable bonds is 4. The van der Waals surface area contributed by atoms with E-state index in [-0.39, 0.29) is 5.92 Å². The molecule has 0 bridgehead atoms. The van der Waals surface area contributed by atoms with Gasteiger partial charge < -0.3 is 10.2 Å². The summed E-state index contributed by atoms with van der Waals surface area (Å²) < 4.78 is 0. The first-order chi connectivity index (χ1) is 10.8. The van der Waals surface area contributed by atoms with E-state index in [2.05, 4.69) is 0 Å². The molecule has 2 aromatic rings. The Balaban J connectivity index is 1.92. The summed E-state index contributed by atoms with van der Waals surface area (Å²) in [5.74, 6) is 1.60. The standard InChI is InChI=1S/C20H24O2/c21-19-12-6-4-10-16(19)14-18(15-8-2-1-3-9-15)17-11-5-7-13-20(17)22/h4-7,10-13,15,18,21-22H,1-3,8-9,14H2. The quantitative estimate of drug-likeness (QED) is 0.833. The Kier molecular flexibility index (Phi) is 4.67. The highest BCUT2D eigenvalue weighted by molar-refractivity contribution is 5.39. The molecule has 1 fully saturated rings. The number of aromatic hydroxyl groups is 2. The molecule has 0 aliphatic heterocycles. The monoisotopic (exact) mass is 296 g/mol. The highest BCUT2D eigenvalue weighted by Gasteiger charge is 2.27. The number of hydrogen-bond acceptors (Lipinski definition) is 2. The van der Waals surface area contributed by atoms with Gasteiger partial charge in [-0.3, -0.25) is 0 Å². The molecule has 2 N–H and O–H groups in total. The molecule has 3 rings (SSSR count). The van der Waals surface area contributed by atoms with Crippen LogP contribution in [0.1, 0.15) is 49.1 Å². The van der Waals surface area contributed by atoms with Gasteiger partial charge in [0.1, 0.15) is 11.5 Å². The van der Waals surface area contributed by atoms with Crippen molar-refractivity contribution in [2.45, 2.75) is 44.4 Å². The summed E-state index contributed by atoms with van der Waals surface area (Å²) in [7, 11) is 0. The predicted molar refractivity (Wildman–Crippen MR) is 89.2 cm³/mol. The van der Waals surface area contributed by atoms with Crippen LogP contribution >= 0.6 is 0 Å². The van der Waals surface area contributed by atoms with Gasteiger partial charge in [-0.1, -0.05) is 55.7 Å². The number of phenolic OH excluding ortho intramolecular Hbond substituents is 2. The van der Waals surface area contributed by atoms with Gasteiger partial charge >= 0.3 is 0 Å². The lowest BCUT2D eigenvalue weighted by molar-refractivity contribution is 0.296. The summed E-state index contributed by atoms with van der Waals surface area (Å²) in [5.41, 5.74) is 2.00. The van der Waals surface area contributed by atoms with Crippen molar-refractivity contribution >= 4 is 0 Å². The summed E-state index contributed by atoms with van der Waals surface area (Å²) >= 11 is 0. The van der Waals surface area contributed by atoms with Crippen molar-refractivity contribution in [3.63, 3.8) is 0 Å². The van der Waals surface area contributed by atoms with E-state index in [4.69, 9.17) is 0 Å². The van der Waals surface area contributed by atoms with Gasteiger partial charge in [0.25, 0.3) is 0 Å². The SMILES string of the molecule is Oc1ccccc1CC(c1ccccc1O)C1CCCCC1. The second kappa shape index (κ2) is 6.87. The minimum atomic E-state index is 0.273. The number of phenols is 2. The molecule has 116 valence electrons. The maximum absolute atomic E-state index is 10.3. The molecule has 22 heavy (non-hydrogen) atoms. The molecule has 2 heteroatoms. The highest BCUT2D eigenvalue weighted by Crippen LogP contribution is 2.41. The maximum Gasteiger partial charge on any atom is 0.119 e. The fraction of sp³-hybridized carbons (Fsp3) is 0.400. The topological polar surface area (TPSA) is 40.5 Å². The molecule has 0 spiro atoms. The molecular formula is C20H24O2. The summed E-state index contributed by atoms with van der Waals surface area (Å²) in [4.78, 5) is 0. The number of benzene rings is 2. The zero-order chi connectivity index (χ0) is 15.4. The molecule has 0 heterocycles. The van der Waals surface area contributed by atoms with Crippen LogP contribution in [0.2, 0.25) is 0 Å². The van der Waals surface area contributed by atoms with Crippen LogP contribution in [0.15, 0.2) is 48.5 Å². The van der Waals surface area contributed by atoms with E-state index in [0.717, 1.165) is 17.5 Å². The van der Waals surface area contributed by atoms with Crippen molar-refractivity contribution in [3.8, 4) is 11.5 Å². The molecule has 1 aliphatic carbocycles. The van der Waals surface area contributed by atoms with E-state index < -0.39 is 0 Å². The van der Waals surface area contributed by atoms with Gasteiger partial charge in [0.15, 0.2) is 0 Å². The summed E-state index contributed by atoms with van der Waals surface area (Å²) in [6.07, 6.45) is 7.08. The van der Waals surface area contributed by atoms with Gasteiger partial charge in [-0.25, -0.2) is 0 Å². The van der Waals surface area contributed by atoms with Crippen LogP contribution in [0.3, 0.4) is 0 Å². The minimum absolute atomic E-state index is 0.273. The predicted octanol–water partition coefficient (Wildman–Crippen LogP) is 5.00. The lowest BCUT2D eigenvalue weighted by Gasteiger charge is -2.31. The van der Waals surface area contributed by atoms with Crippen molar-refractivity contribution in [1.82, 2.24) is 0 Å². The Morgan fingerprint density at radius 2 is 1.45 bits per heavy atom. The number of para-hydroxylation sites is 2. The molecule has 2 nitrogen and oxygen atoms in total. The van der Waals surface area contributed by atoms with Gasteiger partial charge in [0, 0.05) is 0 Å². The Labute approximate surface area is 132 Å². The first-order valence-corrected chi connectivity index (χ1v) is 8.30. The minimum Gasteiger partial charge on any atom is -0.508 e. The van der Waals surface area contributed by atoms with Crippen molar-refractivity contribution in [1.29, 1.82) is 0 Å². The van der Waals surface area contributed by atoms with Crippen LogP contribution in [0, 0.1) is 5.92 Å². The van der Waals surface area contributed by atoms with Crippen molar-refractivity contribution < 1.29 is 10.2 Å². The average molecular weight is 296 g/mol. The molecule has 2 aromatic carbocycles. The smallest absolute Gasteiger partial charge is 0.119 e. The second-order valence-electron chi connectivity index (χ2n) is 6.40. The van der Waals surface area contributed by atoms with Gasteiger partial charge in [-0.05, 0) is 54.4 Å². The lowest BCUT2D eigenvalue weighted by Crippen LogP contribution is -2.18. The van der Waals surface area contributed by atoms with Crippen LogP contribution < -0.4 is 0 Å². The third-order valence-corrected chi connectivity index (χ3v) is 4.99. The molecule has 0 aromatic heterocycles. The van der Waals surface area contributed by atoms with Gasteiger partial charge in [0.2, 0.25) is 0 Å². The third kappa shape index (κ3) is 3.27.